The quantitative estimate of drug-likeness (QED) is 0.716. The summed E-state index contributed by atoms with van der Waals surface area (Å²) in [5, 5.41) is 1.03. The van der Waals surface area contributed by atoms with Gasteiger partial charge in [-0.1, -0.05) is 19.9 Å². The summed E-state index contributed by atoms with van der Waals surface area (Å²) >= 11 is 0. The van der Waals surface area contributed by atoms with Crippen molar-refractivity contribution in [3.8, 4) is 0 Å². The van der Waals surface area contributed by atoms with Crippen LogP contribution in [-0.4, -0.2) is 10.8 Å². The topological polar surface area (TPSA) is 30.0 Å². The Labute approximate surface area is 95.3 Å². The molecule has 82 valence electrons. The molecule has 0 bridgehead atoms. The van der Waals surface area contributed by atoms with Crippen molar-refractivity contribution in [2.24, 2.45) is 5.92 Å². The van der Waals surface area contributed by atoms with Crippen LogP contribution in [0.5, 0.6) is 0 Å². The minimum Gasteiger partial charge on any atom is -0.294 e. The normalized spacial score (nSPS) is 11.0. The molecule has 0 radical (unpaired) electrons. The lowest BCUT2D eigenvalue weighted by Gasteiger charge is -2.05. The summed E-state index contributed by atoms with van der Waals surface area (Å²) in [6.45, 7) is 5.80. The van der Waals surface area contributed by atoms with E-state index in [1.54, 1.807) is 0 Å². The molecule has 2 nitrogen and oxygen atoms in total. The molecule has 1 aromatic heterocycles. The number of carbonyl (C=O) groups is 1. The molecule has 1 heterocycles. The second-order valence-corrected chi connectivity index (χ2v) is 4.38. The number of nitrogens with zero attached hydrogens (tertiary/aromatic N) is 1. The Bertz CT molecular complexity index is 543. The molecule has 0 aliphatic rings. The molecule has 0 spiro atoms. The van der Waals surface area contributed by atoms with Gasteiger partial charge in [0.05, 0.1) is 5.52 Å². The van der Waals surface area contributed by atoms with Crippen LogP contribution in [0, 0.1) is 12.8 Å². The van der Waals surface area contributed by atoms with Crippen molar-refractivity contribution >= 4 is 16.7 Å². The number of ketones is 1. The van der Waals surface area contributed by atoms with Crippen molar-refractivity contribution < 1.29 is 4.79 Å². The minimum atomic E-state index is 0.0378. The van der Waals surface area contributed by atoms with Gasteiger partial charge in [-0.3, -0.25) is 9.78 Å². The van der Waals surface area contributed by atoms with Crippen LogP contribution in [0.25, 0.3) is 10.9 Å². The summed E-state index contributed by atoms with van der Waals surface area (Å²) in [4.78, 5) is 16.2. The highest BCUT2D eigenvalue weighted by molar-refractivity contribution is 6.00. The van der Waals surface area contributed by atoms with E-state index in [4.69, 9.17) is 0 Å². The van der Waals surface area contributed by atoms with E-state index in [1.165, 1.54) is 0 Å². The fraction of sp³-hybridized carbons (Fsp3) is 0.286. The Kier molecular flexibility index (Phi) is 2.73. The van der Waals surface area contributed by atoms with Crippen LogP contribution in [0.2, 0.25) is 0 Å². The summed E-state index contributed by atoms with van der Waals surface area (Å²) in [6.07, 6.45) is 0. The van der Waals surface area contributed by atoms with E-state index in [1.807, 2.05) is 51.1 Å². The molecule has 0 fully saturated rings. The van der Waals surface area contributed by atoms with Crippen molar-refractivity contribution in [1.82, 2.24) is 4.98 Å². The number of fused-ring (bicyclic) bond motifs is 1. The van der Waals surface area contributed by atoms with Crippen LogP contribution in [0.15, 0.2) is 30.3 Å². The molecule has 16 heavy (non-hydrogen) atoms. The molecule has 0 unspecified atom stereocenters. The van der Waals surface area contributed by atoms with E-state index in [9.17, 15) is 4.79 Å². The van der Waals surface area contributed by atoms with Gasteiger partial charge in [0, 0.05) is 22.6 Å². The maximum Gasteiger partial charge on any atom is 0.165 e. The average molecular weight is 213 g/mol. The van der Waals surface area contributed by atoms with Crippen molar-refractivity contribution in [2.75, 3.05) is 0 Å². The summed E-state index contributed by atoms with van der Waals surface area (Å²) in [6, 6.07) is 9.67. The van der Waals surface area contributed by atoms with Crippen molar-refractivity contribution in [1.29, 1.82) is 0 Å². The molecule has 2 rings (SSSR count). The number of carbonyl (C=O) groups excluding carboxylic acids is 1. The highest BCUT2D eigenvalue weighted by Crippen LogP contribution is 2.17. The Hall–Kier alpha value is -1.70. The van der Waals surface area contributed by atoms with Crippen LogP contribution in [-0.2, 0) is 0 Å². The van der Waals surface area contributed by atoms with Crippen LogP contribution < -0.4 is 0 Å². The molecule has 2 aromatic rings. The van der Waals surface area contributed by atoms with E-state index in [0.29, 0.717) is 0 Å². The van der Waals surface area contributed by atoms with Crippen molar-refractivity contribution in [3.63, 3.8) is 0 Å². The Morgan fingerprint density at radius 1 is 1.19 bits per heavy atom. The lowest BCUT2D eigenvalue weighted by Crippen LogP contribution is -2.07. The van der Waals surface area contributed by atoms with Gasteiger partial charge in [-0.2, -0.15) is 0 Å². The highest BCUT2D eigenvalue weighted by Gasteiger charge is 2.10. The monoisotopic (exact) mass is 213 g/mol. The lowest BCUT2D eigenvalue weighted by molar-refractivity contribution is 0.0939. The Morgan fingerprint density at radius 2 is 1.94 bits per heavy atom. The number of aryl methyl sites for hydroxylation is 1. The summed E-state index contributed by atoms with van der Waals surface area (Å²) in [5.41, 5.74) is 2.71. The van der Waals surface area contributed by atoms with Crippen LogP contribution in [0.1, 0.15) is 29.9 Å². The fourth-order valence-corrected chi connectivity index (χ4v) is 1.71. The van der Waals surface area contributed by atoms with Crippen molar-refractivity contribution in [2.45, 2.75) is 20.8 Å². The first-order valence-corrected chi connectivity index (χ1v) is 5.49. The summed E-state index contributed by atoms with van der Waals surface area (Å²) < 4.78 is 0. The number of hydrogen-bond acceptors (Lipinski definition) is 2. The van der Waals surface area contributed by atoms with Crippen LogP contribution in [0.4, 0.5) is 0 Å². The van der Waals surface area contributed by atoms with Gasteiger partial charge in [-0.25, -0.2) is 0 Å². The number of rotatable bonds is 2. The molecule has 0 amide bonds. The molecule has 0 saturated carbocycles. The molecular weight excluding hydrogens is 198 g/mol. The van der Waals surface area contributed by atoms with Crippen molar-refractivity contribution in [3.05, 3.63) is 41.6 Å². The third kappa shape index (κ3) is 1.96. The van der Waals surface area contributed by atoms with Gasteiger partial charge in [0.15, 0.2) is 5.78 Å². The average Bonchev–Trinajstić information content (AvgIpc) is 2.27. The van der Waals surface area contributed by atoms with Crippen LogP contribution >= 0.6 is 0 Å². The Balaban J connectivity index is 2.52. The first-order chi connectivity index (χ1) is 7.58. The zero-order valence-corrected chi connectivity index (χ0v) is 9.82. The zero-order valence-electron chi connectivity index (χ0n) is 9.82. The zero-order chi connectivity index (χ0) is 11.7. The number of aromatic nitrogens is 1. The molecule has 0 atom stereocenters. The third-order valence-corrected chi connectivity index (χ3v) is 2.64. The first kappa shape index (κ1) is 10.8. The largest absolute Gasteiger partial charge is 0.294 e. The van der Waals surface area contributed by atoms with E-state index in [2.05, 4.69) is 4.98 Å². The first-order valence-electron chi connectivity index (χ1n) is 5.49. The predicted octanol–water partition coefficient (Wildman–Crippen LogP) is 3.38. The standard InChI is InChI=1S/C14H15NO/c1-9(2)14(16)12-6-7-13-11(8-12)5-4-10(3)15-13/h4-9H,1-3H3. The molecule has 0 N–H and O–H groups in total. The highest BCUT2D eigenvalue weighted by atomic mass is 16.1. The van der Waals surface area contributed by atoms with Gasteiger partial charge in [-0.05, 0) is 31.2 Å². The minimum absolute atomic E-state index is 0.0378. The summed E-state index contributed by atoms with van der Waals surface area (Å²) in [7, 11) is 0. The Morgan fingerprint density at radius 3 is 2.62 bits per heavy atom. The molecule has 0 aliphatic carbocycles. The molecule has 2 heteroatoms. The molecule has 1 aromatic carbocycles. The van der Waals surface area contributed by atoms with Gasteiger partial charge >= 0.3 is 0 Å². The van der Waals surface area contributed by atoms with Gasteiger partial charge in [0.1, 0.15) is 0 Å². The van der Waals surface area contributed by atoms with Gasteiger partial charge in [0.25, 0.3) is 0 Å². The predicted molar refractivity (Wildman–Crippen MR) is 65.6 cm³/mol. The van der Waals surface area contributed by atoms with E-state index in [0.717, 1.165) is 22.2 Å². The number of pyridine rings is 1. The molecule has 0 saturated heterocycles. The van der Waals surface area contributed by atoms with Gasteiger partial charge < -0.3 is 0 Å². The number of hydrogen-bond donors (Lipinski definition) is 0. The second-order valence-electron chi connectivity index (χ2n) is 4.38. The smallest absolute Gasteiger partial charge is 0.165 e. The number of Topliss-reactive ketones (excluding diaryl/α,β-unsaturated/α-hetero) is 1. The van der Waals surface area contributed by atoms with Gasteiger partial charge in [0.2, 0.25) is 0 Å². The SMILES string of the molecule is Cc1ccc2cc(C(=O)C(C)C)ccc2n1. The number of benzene rings is 1. The molecular formula is C14H15NO. The van der Waals surface area contributed by atoms with Gasteiger partial charge in [-0.15, -0.1) is 0 Å². The molecule has 0 aliphatic heterocycles. The maximum atomic E-state index is 11.8. The fourth-order valence-electron chi connectivity index (χ4n) is 1.71. The lowest BCUT2D eigenvalue weighted by atomic mass is 9.99. The second kappa shape index (κ2) is 4.05. The van der Waals surface area contributed by atoms with E-state index >= 15 is 0 Å². The third-order valence-electron chi connectivity index (χ3n) is 2.64. The maximum absolute atomic E-state index is 11.8. The van der Waals surface area contributed by atoms with Crippen LogP contribution in [0.3, 0.4) is 0 Å². The van der Waals surface area contributed by atoms with E-state index in [-0.39, 0.29) is 11.7 Å². The summed E-state index contributed by atoms with van der Waals surface area (Å²) in [5.74, 6) is 0.221. The van der Waals surface area contributed by atoms with E-state index < -0.39 is 0 Å².